The predicted molar refractivity (Wildman–Crippen MR) is 83.7 cm³/mol. The number of aliphatic carboxylic acids is 1. The van der Waals surface area contributed by atoms with Crippen LogP contribution in [0.3, 0.4) is 0 Å². The number of hydrogen-bond acceptors (Lipinski definition) is 4. The van der Waals surface area contributed by atoms with Gasteiger partial charge in [-0.2, -0.15) is 4.72 Å². The van der Waals surface area contributed by atoms with Crippen LogP contribution in [0.4, 0.5) is 0 Å². The Labute approximate surface area is 131 Å². The molecule has 0 aliphatic rings. The molecule has 2 atom stereocenters. The number of carboxylic acid groups (broad SMARTS) is 1. The average Bonchev–Trinajstić information content (AvgIpc) is 2.34. The van der Waals surface area contributed by atoms with Gasteiger partial charge in [-0.1, -0.05) is 51.1 Å². The minimum atomic E-state index is -3.87. The van der Waals surface area contributed by atoms with E-state index in [1.54, 1.807) is 30.3 Å². The van der Waals surface area contributed by atoms with E-state index in [1.807, 2.05) is 20.8 Å². The maximum absolute atomic E-state index is 12.1. The van der Waals surface area contributed by atoms with Crippen molar-refractivity contribution < 1.29 is 23.4 Å². The molecule has 1 aromatic rings. The van der Waals surface area contributed by atoms with E-state index in [0.29, 0.717) is 5.56 Å². The highest BCUT2D eigenvalue weighted by molar-refractivity contribution is 7.88. The molecule has 3 N–H and O–H groups in total. The Morgan fingerprint density at radius 2 is 1.77 bits per heavy atom. The van der Waals surface area contributed by atoms with Gasteiger partial charge in [0.15, 0.2) is 0 Å². The van der Waals surface area contributed by atoms with Crippen LogP contribution in [-0.4, -0.2) is 36.7 Å². The molecular weight excluding hydrogens is 306 g/mol. The first kappa shape index (κ1) is 18.6. The second kappa shape index (κ2) is 7.21. The Hall–Kier alpha value is -1.44. The number of aliphatic hydroxyl groups excluding tert-OH is 1. The minimum Gasteiger partial charge on any atom is -0.480 e. The van der Waals surface area contributed by atoms with Crippen LogP contribution in [0.2, 0.25) is 0 Å². The number of rotatable bonds is 7. The van der Waals surface area contributed by atoms with Gasteiger partial charge in [-0.15, -0.1) is 0 Å². The Morgan fingerprint density at radius 1 is 1.23 bits per heavy atom. The van der Waals surface area contributed by atoms with Gasteiger partial charge in [-0.3, -0.25) is 4.79 Å². The lowest BCUT2D eigenvalue weighted by Crippen LogP contribution is -2.50. The first-order chi connectivity index (χ1) is 10.0. The molecule has 1 rings (SSSR count). The molecule has 0 aliphatic carbocycles. The number of hydrogen-bond donors (Lipinski definition) is 3. The predicted octanol–water partition coefficient (Wildman–Crippen LogP) is 1.36. The van der Waals surface area contributed by atoms with Gasteiger partial charge in [0, 0.05) is 0 Å². The second-order valence-electron chi connectivity index (χ2n) is 6.51. The van der Waals surface area contributed by atoms with Gasteiger partial charge in [0.25, 0.3) is 0 Å². The number of aliphatic hydroxyl groups is 1. The van der Waals surface area contributed by atoms with Crippen LogP contribution in [0, 0.1) is 5.41 Å². The molecule has 2 unspecified atom stereocenters. The van der Waals surface area contributed by atoms with Crippen molar-refractivity contribution in [3.8, 4) is 0 Å². The van der Waals surface area contributed by atoms with Crippen molar-refractivity contribution in [3.05, 3.63) is 35.9 Å². The van der Waals surface area contributed by atoms with Crippen LogP contribution in [0.25, 0.3) is 0 Å². The number of carbonyl (C=O) groups is 1. The summed E-state index contributed by atoms with van der Waals surface area (Å²) in [6, 6.07) is 6.88. The fourth-order valence-electron chi connectivity index (χ4n) is 2.07. The molecule has 0 aliphatic heterocycles. The molecule has 7 heteroatoms. The van der Waals surface area contributed by atoms with Crippen molar-refractivity contribution in [3.63, 3.8) is 0 Å². The lowest BCUT2D eigenvalue weighted by molar-refractivity contribution is -0.142. The van der Waals surface area contributed by atoms with Gasteiger partial charge in [0.05, 0.1) is 11.9 Å². The van der Waals surface area contributed by atoms with E-state index >= 15 is 0 Å². The summed E-state index contributed by atoms with van der Waals surface area (Å²) in [5, 5.41) is 19.2. The zero-order valence-electron chi connectivity index (χ0n) is 13.0. The summed E-state index contributed by atoms with van der Waals surface area (Å²) in [6.45, 7) is 5.52. The highest BCUT2D eigenvalue weighted by Gasteiger charge is 2.33. The molecule has 0 radical (unpaired) electrons. The van der Waals surface area contributed by atoms with E-state index in [2.05, 4.69) is 4.72 Å². The van der Waals surface area contributed by atoms with Gasteiger partial charge in [0.1, 0.15) is 6.04 Å². The monoisotopic (exact) mass is 329 g/mol. The molecule has 0 saturated heterocycles. The van der Waals surface area contributed by atoms with Gasteiger partial charge >= 0.3 is 5.97 Å². The van der Waals surface area contributed by atoms with Gasteiger partial charge in [-0.05, 0) is 17.4 Å². The van der Waals surface area contributed by atoms with Crippen LogP contribution >= 0.6 is 0 Å². The Kier molecular flexibility index (Phi) is 6.10. The van der Waals surface area contributed by atoms with Crippen molar-refractivity contribution in [2.24, 2.45) is 5.41 Å². The van der Waals surface area contributed by atoms with Crippen molar-refractivity contribution in [2.75, 3.05) is 0 Å². The molecular formula is C15H23NO5S. The topological polar surface area (TPSA) is 104 Å². The largest absolute Gasteiger partial charge is 0.480 e. The van der Waals surface area contributed by atoms with Crippen molar-refractivity contribution in [1.82, 2.24) is 4.72 Å². The summed E-state index contributed by atoms with van der Waals surface area (Å²) >= 11 is 0. The molecule has 0 amide bonds. The molecule has 0 fully saturated rings. The Morgan fingerprint density at radius 3 is 2.23 bits per heavy atom. The fourth-order valence-corrected chi connectivity index (χ4v) is 3.43. The maximum Gasteiger partial charge on any atom is 0.324 e. The first-order valence-electron chi connectivity index (χ1n) is 6.95. The smallest absolute Gasteiger partial charge is 0.324 e. The Bertz CT molecular complexity index is 592. The average molecular weight is 329 g/mol. The van der Waals surface area contributed by atoms with Crippen LogP contribution in [0.15, 0.2) is 30.3 Å². The minimum absolute atomic E-state index is 0.165. The summed E-state index contributed by atoms with van der Waals surface area (Å²) in [5.41, 5.74) is 0.224. The maximum atomic E-state index is 12.1. The van der Waals surface area contributed by atoms with Crippen LogP contribution in [0.1, 0.15) is 32.8 Å². The Balaban J connectivity index is 2.84. The normalized spacial score (nSPS) is 15.3. The van der Waals surface area contributed by atoms with Gasteiger partial charge in [-0.25, -0.2) is 8.42 Å². The third-order valence-electron chi connectivity index (χ3n) is 2.98. The third kappa shape index (κ3) is 6.55. The van der Waals surface area contributed by atoms with E-state index in [1.165, 1.54) is 0 Å². The lowest BCUT2D eigenvalue weighted by atomic mass is 9.87. The second-order valence-corrected chi connectivity index (χ2v) is 8.26. The summed E-state index contributed by atoms with van der Waals surface area (Å²) < 4.78 is 26.3. The number of nitrogens with one attached hydrogen (secondary N) is 1. The molecule has 0 aromatic heterocycles. The summed E-state index contributed by atoms with van der Waals surface area (Å²) in [7, 11) is -3.87. The molecule has 6 nitrogen and oxygen atoms in total. The van der Waals surface area contributed by atoms with Crippen molar-refractivity contribution in [1.29, 1.82) is 0 Å². The zero-order valence-corrected chi connectivity index (χ0v) is 13.8. The van der Waals surface area contributed by atoms with Crippen molar-refractivity contribution >= 4 is 16.0 Å². The molecule has 0 bridgehead atoms. The molecule has 124 valence electrons. The van der Waals surface area contributed by atoms with Crippen LogP contribution in [-0.2, 0) is 20.6 Å². The van der Waals surface area contributed by atoms with E-state index in [-0.39, 0.29) is 17.6 Å². The van der Waals surface area contributed by atoms with Crippen LogP contribution < -0.4 is 4.72 Å². The van der Waals surface area contributed by atoms with Gasteiger partial charge in [0.2, 0.25) is 10.0 Å². The summed E-state index contributed by atoms with van der Waals surface area (Å²) in [4.78, 5) is 11.3. The standard InChI is InChI=1S/C15H23NO5S/c1-15(2,3)9-12(17)13(14(18)19)16-22(20,21)10-11-7-5-4-6-8-11/h4-8,12-13,16-17H,9-10H2,1-3H3,(H,18,19). The lowest BCUT2D eigenvalue weighted by Gasteiger charge is -2.26. The summed E-state index contributed by atoms with van der Waals surface area (Å²) in [6.07, 6.45) is -1.14. The number of carboxylic acids is 1. The van der Waals surface area contributed by atoms with E-state index in [0.717, 1.165) is 0 Å². The quantitative estimate of drug-likeness (QED) is 0.701. The van der Waals surface area contributed by atoms with E-state index < -0.39 is 28.1 Å². The van der Waals surface area contributed by atoms with E-state index in [4.69, 9.17) is 0 Å². The fraction of sp³-hybridized carbons (Fsp3) is 0.533. The number of benzene rings is 1. The van der Waals surface area contributed by atoms with E-state index in [9.17, 15) is 23.4 Å². The molecule has 22 heavy (non-hydrogen) atoms. The molecule has 1 aromatic carbocycles. The van der Waals surface area contributed by atoms with Crippen LogP contribution in [0.5, 0.6) is 0 Å². The molecule has 0 heterocycles. The summed E-state index contributed by atoms with van der Waals surface area (Å²) in [5.74, 6) is -1.73. The third-order valence-corrected chi connectivity index (χ3v) is 4.30. The SMILES string of the molecule is CC(C)(C)CC(O)C(NS(=O)(=O)Cc1ccccc1)C(=O)O. The number of sulfonamides is 1. The van der Waals surface area contributed by atoms with Gasteiger partial charge < -0.3 is 10.2 Å². The zero-order chi connectivity index (χ0) is 17.0. The first-order valence-corrected chi connectivity index (χ1v) is 8.60. The highest BCUT2D eigenvalue weighted by atomic mass is 32.2. The molecule has 0 saturated carbocycles. The molecule has 0 spiro atoms. The highest BCUT2D eigenvalue weighted by Crippen LogP contribution is 2.22. The van der Waals surface area contributed by atoms with Crippen molar-refractivity contribution in [2.45, 2.75) is 45.1 Å².